The predicted molar refractivity (Wildman–Crippen MR) is 143 cm³/mol. The van der Waals surface area contributed by atoms with Crippen molar-refractivity contribution in [1.82, 2.24) is 30.5 Å². The number of rotatable bonds is 5. The summed E-state index contributed by atoms with van der Waals surface area (Å²) < 4.78 is 39.1. The summed E-state index contributed by atoms with van der Waals surface area (Å²) in [5.74, 6) is 0.744. The number of hydrogen-bond acceptors (Lipinski definition) is 9. The molecule has 0 aliphatic carbocycles. The van der Waals surface area contributed by atoms with Crippen LogP contribution in [0.3, 0.4) is 0 Å². The number of anilines is 1. The Balaban J connectivity index is 1.51. The zero-order valence-corrected chi connectivity index (χ0v) is 22.0. The molecule has 0 saturated carbocycles. The lowest BCUT2D eigenvalue weighted by Gasteiger charge is -2.34. The summed E-state index contributed by atoms with van der Waals surface area (Å²) in [6.07, 6.45) is 5.50. The highest BCUT2D eigenvalue weighted by Crippen LogP contribution is 2.48. The predicted octanol–water partition coefficient (Wildman–Crippen LogP) is 5.21. The smallest absolute Gasteiger partial charge is 0.467 e. The number of aromatic nitrogens is 5. The van der Waals surface area contributed by atoms with Crippen LogP contribution in [0.25, 0.3) is 42.5 Å². The highest BCUT2D eigenvalue weighted by Gasteiger charge is 2.35. The Morgan fingerprint density at radius 3 is 2.71 bits per heavy atom. The third kappa shape index (κ3) is 3.81. The van der Waals surface area contributed by atoms with E-state index in [1.807, 2.05) is 6.07 Å². The SMILES string of the molecule is COc1nc(N2CC3CCC(C2)N3)c2c(n1)sc1c(-c3c(OC(F)(F)Cl)c(C)cc4[nH]ncc34)nccc12. The second-order valence-corrected chi connectivity index (χ2v) is 11.1. The molecule has 1 aromatic carbocycles. The van der Waals surface area contributed by atoms with Crippen molar-refractivity contribution in [3.05, 3.63) is 30.1 Å². The molecule has 6 heterocycles. The van der Waals surface area contributed by atoms with Gasteiger partial charge in [0.1, 0.15) is 16.4 Å². The van der Waals surface area contributed by atoms with Crippen LogP contribution in [0.2, 0.25) is 0 Å². The summed E-state index contributed by atoms with van der Waals surface area (Å²) in [4.78, 5) is 17.1. The monoisotopic (exact) mass is 557 g/mol. The minimum Gasteiger partial charge on any atom is -0.467 e. The second-order valence-electron chi connectivity index (χ2n) is 9.67. The molecule has 2 N–H and O–H groups in total. The number of hydrogen-bond donors (Lipinski definition) is 2. The quantitative estimate of drug-likeness (QED) is 0.284. The molecule has 2 atom stereocenters. The molecule has 5 aromatic rings. The molecule has 2 unspecified atom stereocenters. The number of methoxy groups -OCH3 is 1. The molecule has 2 saturated heterocycles. The van der Waals surface area contributed by atoms with E-state index in [0.29, 0.717) is 39.8 Å². The van der Waals surface area contributed by atoms with Crippen LogP contribution in [0.4, 0.5) is 14.6 Å². The van der Waals surface area contributed by atoms with Crippen molar-refractivity contribution in [3.8, 4) is 23.0 Å². The first-order valence-electron chi connectivity index (χ1n) is 12.2. The fraction of sp³-hybridized carbons (Fsp3) is 0.360. The number of thiophene rings is 1. The van der Waals surface area contributed by atoms with Gasteiger partial charge in [0.05, 0.1) is 40.2 Å². The molecular weight excluding hydrogens is 536 g/mol. The molecule has 2 aliphatic rings. The first-order chi connectivity index (χ1) is 18.3. The summed E-state index contributed by atoms with van der Waals surface area (Å²) in [5.41, 5.74) is -1.91. The van der Waals surface area contributed by atoms with E-state index in [1.165, 1.54) is 11.3 Å². The van der Waals surface area contributed by atoms with E-state index >= 15 is 0 Å². The maximum atomic E-state index is 14.0. The zero-order valence-electron chi connectivity index (χ0n) is 20.4. The number of alkyl halides is 3. The van der Waals surface area contributed by atoms with Crippen molar-refractivity contribution in [2.24, 2.45) is 0 Å². The fourth-order valence-electron chi connectivity index (χ4n) is 5.72. The molecule has 2 fully saturated rings. The van der Waals surface area contributed by atoms with Gasteiger partial charge in [0, 0.05) is 53.7 Å². The zero-order chi connectivity index (χ0) is 26.2. The molecule has 4 aromatic heterocycles. The van der Waals surface area contributed by atoms with Crippen LogP contribution in [0.5, 0.6) is 11.8 Å². The minimum absolute atomic E-state index is 0.0566. The molecule has 38 heavy (non-hydrogen) atoms. The first kappa shape index (κ1) is 23.7. The molecule has 196 valence electrons. The van der Waals surface area contributed by atoms with Crippen LogP contribution in [0, 0.1) is 6.92 Å². The Morgan fingerprint density at radius 1 is 1.18 bits per heavy atom. The molecule has 13 heteroatoms. The summed E-state index contributed by atoms with van der Waals surface area (Å²) >= 11 is 6.65. The van der Waals surface area contributed by atoms with Gasteiger partial charge < -0.3 is 19.7 Å². The lowest BCUT2D eigenvalue weighted by atomic mass is 10.0. The van der Waals surface area contributed by atoms with Gasteiger partial charge in [-0.05, 0) is 37.5 Å². The van der Waals surface area contributed by atoms with Gasteiger partial charge in [0.2, 0.25) is 0 Å². The summed E-state index contributed by atoms with van der Waals surface area (Å²) in [6, 6.07) is 4.70. The fourth-order valence-corrected chi connectivity index (χ4v) is 6.95. The average molecular weight is 558 g/mol. The third-order valence-electron chi connectivity index (χ3n) is 7.25. The first-order valence-corrected chi connectivity index (χ1v) is 13.4. The van der Waals surface area contributed by atoms with E-state index in [-0.39, 0.29) is 11.8 Å². The normalized spacial score (nSPS) is 19.7. The number of pyridine rings is 1. The van der Waals surface area contributed by atoms with Gasteiger partial charge in [-0.15, -0.1) is 20.1 Å². The van der Waals surface area contributed by atoms with Crippen molar-refractivity contribution in [2.75, 3.05) is 25.1 Å². The van der Waals surface area contributed by atoms with E-state index in [2.05, 4.69) is 30.4 Å². The molecule has 0 radical (unpaired) electrons. The van der Waals surface area contributed by atoms with Crippen LogP contribution in [-0.4, -0.2) is 63.0 Å². The Hall–Kier alpha value is -3.35. The van der Waals surface area contributed by atoms with E-state index in [9.17, 15) is 8.78 Å². The molecule has 9 nitrogen and oxygen atoms in total. The topological polar surface area (TPSA) is 101 Å². The number of aromatic amines is 1. The van der Waals surface area contributed by atoms with Crippen LogP contribution >= 0.6 is 22.9 Å². The summed E-state index contributed by atoms with van der Waals surface area (Å²) in [6.45, 7) is 3.34. The van der Waals surface area contributed by atoms with Crippen molar-refractivity contribution in [2.45, 2.75) is 37.4 Å². The Morgan fingerprint density at radius 2 is 1.97 bits per heavy atom. The van der Waals surface area contributed by atoms with Crippen molar-refractivity contribution in [1.29, 1.82) is 0 Å². The Labute approximate surface area is 224 Å². The van der Waals surface area contributed by atoms with Gasteiger partial charge in [0.15, 0.2) is 0 Å². The number of ether oxygens (including phenoxy) is 2. The molecule has 7 rings (SSSR count). The maximum absolute atomic E-state index is 14.0. The van der Waals surface area contributed by atoms with Gasteiger partial charge in [-0.2, -0.15) is 15.1 Å². The Bertz CT molecular complexity index is 1710. The van der Waals surface area contributed by atoms with E-state index in [4.69, 9.17) is 26.1 Å². The molecular formula is C25H22ClF2N7O2S. The summed E-state index contributed by atoms with van der Waals surface area (Å²) in [7, 11) is 1.55. The average Bonchev–Trinajstić information content (AvgIpc) is 3.59. The number of nitrogens with one attached hydrogen (secondary N) is 2. The van der Waals surface area contributed by atoms with Crippen LogP contribution in [-0.2, 0) is 0 Å². The molecule has 2 bridgehead atoms. The number of aryl methyl sites for hydroxylation is 1. The highest BCUT2D eigenvalue weighted by atomic mass is 35.5. The number of nitrogens with zero attached hydrogens (tertiary/aromatic N) is 5. The van der Waals surface area contributed by atoms with E-state index in [1.54, 1.807) is 32.5 Å². The molecule has 2 aliphatic heterocycles. The lowest BCUT2D eigenvalue weighted by Crippen LogP contribution is -2.51. The van der Waals surface area contributed by atoms with Crippen molar-refractivity contribution >= 4 is 60.0 Å². The summed E-state index contributed by atoms with van der Waals surface area (Å²) in [5, 5.41) is 13.0. The second kappa shape index (κ2) is 8.58. The van der Waals surface area contributed by atoms with Gasteiger partial charge in [-0.25, -0.2) is 0 Å². The number of fused-ring (bicyclic) bond motifs is 6. The standard InChI is InChI=1S/C25H22ClF2N7O2S/c1-11-7-16-15(8-30-34-16)17(20(11)37-25(26,27)28)19-21-14(5-6-29-19)18-22(32-24(36-2)33-23(18)38-21)35-9-12-3-4-13(10-35)31-12/h5-8,12-13,31H,3-4,9-10H2,1-2H3,(H,30,34). The number of halogens is 3. The lowest BCUT2D eigenvalue weighted by molar-refractivity contribution is -0.0964. The number of H-pyrrole nitrogens is 1. The van der Waals surface area contributed by atoms with Gasteiger partial charge in [0.25, 0.3) is 0 Å². The van der Waals surface area contributed by atoms with E-state index in [0.717, 1.165) is 52.1 Å². The van der Waals surface area contributed by atoms with Crippen LogP contribution in [0.15, 0.2) is 24.5 Å². The van der Waals surface area contributed by atoms with Gasteiger partial charge in [-0.3, -0.25) is 10.1 Å². The van der Waals surface area contributed by atoms with Crippen LogP contribution < -0.4 is 19.7 Å². The molecule has 0 spiro atoms. The van der Waals surface area contributed by atoms with Crippen LogP contribution in [0.1, 0.15) is 18.4 Å². The maximum Gasteiger partial charge on any atom is 0.487 e. The van der Waals surface area contributed by atoms with Gasteiger partial charge in [-0.1, -0.05) is 0 Å². The van der Waals surface area contributed by atoms with Crippen molar-refractivity contribution < 1.29 is 18.3 Å². The highest BCUT2D eigenvalue weighted by molar-refractivity contribution is 7.26. The van der Waals surface area contributed by atoms with Crippen molar-refractivity contribution in [3.63, 3.8) is 0 Å². The Kier molecular flexibility index (Phi) is 5.36. The third-order valence-corrected chi connectivity index (χ3v) is 8.43. The van der Waals surface area contributed by atoms with Gasteiger partial charge >= 0.3 is 11.6 Å². The van der Waals surface area contributed by atoms with E-state index < -0.39 is 5.57 Å². The number of benzene rings is 1. The number of piperazine rings is 1. The molecule has 0 amide bonds. The largest absolute Gasteiger partial charge is 0.487 e. The minimum atomic E-state index is -3.90.